The molecule has 0 atom stereocenters. The Hall–Kier alpha value is -2.31. The molecule has 1 N–H and O–H groups in total. The monoisotopic (exact) mass is 366 g/mol. The van der Waals surface area contributed by atoms with Gasteiger partial charge in [0.1, 0.15) is 17.0 Å². The van der Waals surface area contributed by atoms with Crippen molar-refractivity contribution in [2.45, 2.75) is 26.7 Å². The minimum Gasteiger partial charge on any atom is -0.316 e. The first kappa shape index (κ1) is 16.2. The summed E-state index contributed by atoms with van der Waals surface area (Å²) in [5.74, 6) is 1.34. The number of nitrogens with zero attached hydrogens (tertiary/aromatic N) is 3. The van der Waals surface area contributed by atoms with E-state index in [0.29, 0.717) is 5.92 Å². The molecule has 0 saturated carbocycles. The first-order chi connectivity index (χ1) is 12.1. The second-order valence-electron chi connectivity index (χ2n) is 6.25. The average molecular weight is 367 g/mol. The van der Waals surface area contributed by atoms with E-state index in [4.69, 9.17) is 0 Å². The lowest BCUT2D eigenvalue weighted by Crippen LogP contribution is -1.95. The fourth-order valence-corrected chi connectivity index (χ4v) is 4.35. The highest BCUT2D eigenvalue weighted by atomic mass is 32.1. The number of aryl methyl sites for hydroxylation is 1. The van der Waals surface area contributed by atoms with Gasteiger partial charge < -0.3 is 5.32 Å². The number of anilines is 2. The molecule has 0 saturated heterocycles. The largest absolute Gasteiger partial charge is 0.316 e. The summed E-state index contributed by atoms with van der Waals surface area (Å²) in [7, 11) is 0. The van der Waals surface area contributed by atoms with Crippen LogP contribution in [-0.2, 0) is 0 Å². The van der Waals surface area contributed by atoms with Crippen molar-refractivity contribution in [1.82, 2.24) is 15.0 Å². The van der Waals surface area contributed by atoms with Crippen LogP contribution in [0.1, 0.15) is 31.0 Å². The Balaban J connectivity index is 1.79. The van der Waals surface area contributed by atoms with Crippen LogP contribution in [0.3, 0.4) is 0 Å². The quantitative estimate of drug-likeness (QED) is 0.482. The van der Waals surface area contributed by atoms with Gasteiger partial charge in [0.2, 0.25) is 0 Å². The summed E-state index contributed by atoms with van der Waals surface area (Å²) in [5, 5.41) is 9.44. The van der Waals surface area contributed by atoms with E-state index in [0.717, 1.165) is 32.4 Å². The van der Waals surface area contributed by atoms with Crippen LogP contribution in [0.25, 0.3) is 21.3 Å². The third-order valence-corrected chi connectivity index (χ3v) is 5.86. The predicted molar refractivity (Wildman–Crippen MR) is 107 cm³/mol. The molecule has 0 bridgehead atoms. The summed E-state index contributed by atoms with van der Waals surface area (Å²) in [6, 6.07) is 8.76. The second kappa shape index (κ2) is 6.54. The first-order valence-electron chi connectivity index (χ1n) is 8.13. The van der Waals surface area contributed by atoms with E-state index in [9.17, 15) is 0 Å². The zero-order valence-corrected chi connectivity index (χ0v) is 15.9. The molecule has 1 aromatic carbocycles. The zero-order chi connectivity index (χ0) is 17.4. The highest BCUT2D eigenvalue weighted by molar-refractivity contribution is 7.17. The molecule has 0 spiro atoms. The number of hydrogen-bond donors (Lipinski definition) is 1. The van der Waals surface area contributed by atoms with Crippen molar-refractivity contribution in [3.05, 3.63) is 52.6 Å². The van der Waals surface area contributed by atoms with Gasteiger partial charge in [-0.25, -0.2) is 15.0 Å². The molecule has 0 aliphatic heterocycles. The lowest BCUT2D eigenvalue weighted by molar-refractivity contribution is 0.867. The van der Waals surface area contributed by atoms with E-state index in [2.05, 4.69) is 63.8 Å². The maximum Gasteiger partial charge on any atom is 0.188 e. The van der Waals surface area contributed by atoms with Gasteiger partial charge >= 0.3 is 0 Å². The summed E-state index contributed by atoms with van der Waals surface area (Å²) in [6.07, 6.45) is 1.60. The van der Waals surface area contributed by atoms with Crippen molar-refractivity contribution in [3.63, 3.8) is 0 Å². The van der Waals surface area contributed by atoms with Crippen molar-refractivity contribution in [2.24, 2.45) is 0 Å². The third-order valence-electron chi connectivity index (χ3n) is 4.10. The number of thiophene rings is 1. The smallest absolute Gasteiger partial charge is 0.188 e. The summed E-state index contributed by atoms with van der Waals surface area (Å²) in [4.78, 5) is 14.4. The number of thiazole rings is 1. The summed E-state index contributed by atoms with van der Waals surface area (Å²) < 4.78 is 0. The molecule has 4 nitrogen and oxygen atoms in total. The van der Waals surface area contributed by atoms with Crippen LogP contribution in [0.5, 0.6) is 0 Å². The van der Waals surface area contributed by atoms with Gasteiger partial charge in [-0.2, -0.15) is 0 Å². The fraction of sp³-hybridized carbons (Fsp3) is 0.211. The van der Waals surface area contributed by atoms with Gasteiger partial charge in [-0.1, -0.05) is 38.1 Å². The molecule has 0 unspecified atom stereocenters. The molecular weight excluding hydrogens is 348 g/mol. The predicted octanol–water partition coefficient (Wildman–Crippen LogP) is 5.99. The van der Waals surface area contributed by atoms with Crippen molar-refractivity contribution >= 4 is 43.8 Å². The number of fused-ring (bicyclic) bond motifs is 1. The Morgan fingerprint density at radius 2 is 1.80 bits per heavy atom. The van der Waals surface area contributed by atoms with Crippen LogP contribution >= 0.6 is 22.7 Å². The Bertz CT molecular complexity index is 1020. The maximum absolute atomic E-state index is 4.48. The van der Waals surface area contributed by atoms with Gasteiger partial charge in [-0.15, -0.1) is 22.7 Å². The minimum absolute atomic E-state index is 0.530. The number of aromatic nitrogens is 3. The highest BCUT2D eigenvalue weighted by Crippen LogP contribution is 2.38. The Labute approximate surface area is 154 Å². The van der Waals surface area contributed by atoms with Crippen LogP contribution in [0.2, 0.25) is 0 Å². The summed E-state index contributed by atoms with van der Waals surface area (Å²) >= 11 is 3.22. The Morgan fingerprint density at radius 1 is 1.00 bits per heavy atom. The molecule has 0 radical (unpaired) electrons. The van der Waals surface area contributed by atoms with Crippen LogP contribution in [0.4, 0.5) is 10.9 Å². The zero-order valence-electron chi connectivity index (χ0n) is 14.3. The molecular formula is C19H18N4S2. The van der Waals surface area contributed by atoms with Crippen LogP contribution in [0.15, 0.2) is 41.4 Å². The maximum atomic E-state index is 4.48. The Morgan fingerprint density at radius 3 is 2.48 bits per heavy atom. The van der Waals surface area contributed by atoms with Gasteiger partial charge in [0, 0.05) is 16.3 Å². The summed E-state index contributed by atoms with van der Waals surface area (Å²) in [6.45, 7) is 6.41. The van der Waals surface area contributed by atoms with Crippen molar-refractivity contribution in [2.75, 3.05) is 5.32 Å². The van der Waals surface area contributed by atoms with Gasteiger partial charge in [0.25, 0.3) is 0 Å². The third kappa shape index (κ3) is 3.15. The van der Waals surface area contributed by atoms with Crippen molar-refractivity contribution < 1.29 is 0 Å². The molecule has 3 aromatic heterocycles. The van der Waals surface area contributed by atoms with E-state index >= 15 is 0 Å². The second-order valence-corrected chi connectivity index (χ2v) is 7.96. The molecule has 25 heavy (non-hydrogen) atoms. The molecule has 0 aliphatic rings. The Kier molecular flexibility index (Phi) is 4.23. The van der Waals surface area contributed by atoms with Crippen molar-refractivity contribution in [3.8, 4) is 11.1 Å². The molecule has 4 rings (SSSR count). The molecule has 0 amide bonds. The molecule has 4 aromatic rings. The number of hydrogen-bond acceptors (Lipinski definition) is 6. The van der Waals surface area contributed by atoms with Crippen molar-refractivity contribution in [1.29, 1.82) is 0 Å². The molecule has 3 heterocycles. The van der Waals surface area contributed by atoms with Gasteiger partial charge in [-0.05, 0) is 24.0 Å². The molecule has 126 valence electrons. The van der Waals surface area contributed by atoms with E-state index in [-0.39, 0.29) is 0 Å². The number of rotatable bonds is 4. The topological polar surface area (TPSA) is 50.7 Å². The van der Waals surface area contributed by atoms with E-state index in [1.165, 1.54) is 11.1 Å². The molecule has 6 heteroatoms. The standard InChI is InChI=1S/C19H18N4S2/c1-11(2)13-4-6-14(7-5-13)15-9-24-18-16(15)17(20-10-21-18)23-19-22-12(3)8-25-19/h4-11H,1-3H3,(H,20,21,22,23). The first-order valence-corrected chi connectivity index (χ1v) is 9.89. The van der Waals surface area contributed by atoms with E-state index in [1.807, 2.05) is 12.3 Å². The number of nitrogens with one attached hydrogen (secondary N) is 1. The van der Waals surface area contributed by atoms with Gasteiger partial charge in [0.05, 0.1) is 11.1 Å². The van der Waals surface area contributed by atoms with Crippen LogP contribution in [0, 0.1) is 6.92 Å². The summed E-state index contributed by atoms with van der Waals surface area (Å²) in [5.41, 5.74) is 4.69. The van der Waals surface area contributed by atoms with Crippen LogP contribution in [-0.4, -0.2) is 15.0 Å². The van der Waals surface area contributed by atoms with Gasteiger partial charge in [-0.3, -0.25) is 0 Å². The van der Waals surface area contributed by atoms with E-state index in [1.54, 1.807) is 29.0 Å². The molecule has 0 aliphatic carbocycles. The number of benzene rings is 1. The van der Waals surface area contributed by atoms with Gasteiger partial charge in [0.15, 0.2) is 5.13 Å². The lowest BCUT2D eigenvalue weighted by Gasteiger charge is -2.08. The SMILES string of the molecule is Cc1csc(Nc2ncnc3scc(-c4ccc(C(C)C)cc4)c23)n1. The lowest BCUT2D eigenvalue weighted by atomic mass is 9.99. The molecule has 0 fully saturated rings. The van der Waals surface area contributed by atoms with Crippen LogP contribution < -0.4 is 5.32 Å². The highest BCUT2D eigenvalue weighted by Gasteiger charge is 2.14. The minimum atomic E-state index is 0.530. The normalized spacial score (nSPS) is 11.4. The fourth-order valence-electron chi connectivity index (χ4n) is 2.74. The van der Waals surface area contributed by atoms with E-state index < -0.39 is 0 Å². The average Bonchev–Trinajstić information content (AvgIpc) is 3.22.